The lowest BCUT2D eigenvalue weighted by Gasteiger charge is -2.30. The smallest absolute Gasteiger partial charge is 0.246 e. The number of aliphatic hydroxyl groups excluding tert-OH is 1. The van der Waals surface area contributed by atoms with Crippen LogP contribution < -0.4 is 5.32 Å². The number of ketones is 3. The topological polar surface area (TPSA) is 158 Å². The number of benzene rings is 2. The zero-order valence-electron chi connectivity index (χ0n) is 30.9. The SMILES string of the molecule is CC(=O)N[C@H](C(=O)N1CCC[C@H]1C(=O)Cc1cn2cc(-c3cccc(CC(=O)[C@@H]4CCCN4C(=O)[C@H](CC(=O)CO)c4ccccc4)c3)sc2n1)C(C)C. The predicted octanol–water partition coefficient (Wildman–Crippen LogP) is 4.16. The Morgan fingerprint density at radius 2 is 1.54 bits per heavy atom. The van der Waals surface area contributed by atoms with E-state index in [1.165, 1.54) is 18.3 Å². The molecule has 0 saturated carbocycles. The highest BCUT2D eigenvalue weighted by Gasteiger charge is 2.39. The molecule has 2 aromatic heterocycles. The molecular formula is C41H47N5O7S. The van der Waals surface area contributed by atoms with E-state index in [0.717, 1.165) is 22.4 Å². The molecule has 284 valence electrons. The van der Waals surface area contributed by atoms with Gasteiger partial charge in [-0.05, 0) is 54.4 Å². The van der Waals surface area contributed by atoms with E-state index in [2.05, 4.69) is 5.32 Å². The van der Waals surface area contributed by atoms with Crippen LogP contribution >= 0.6 is 11.3 Å². The molecular weight excluding hydrogens is 707 g/mol. The Morgan fingerprint density at radius 3 is 2.17 bits per heavy atom. The van der Waals surface area contributed by atoms with Gasteiger partial charge in [-0.2, -0.15) is 0 Å². The number of carbonyl (C=O) groups excluding carboxylic acids is 6. The number of hydrogen-bond donors (Lipinski definition) is 2. The Bertz CT molecular complexity index is 2010. The van der Waals surface area contributed by atoms with Gasteiger partial charge in [-0.3, -0.25) is 33.2 Å². The zero-order chi connectivity index (χ0) is 38.5. The van der Waals surface area contributed by atoms with Crippen molar-refractivity contribution in [3.63, 3.8) is 0 Å². The van der Waals surface area contributed by atoms with Gasteiger partial charge in [0, 0.05) is 45.2 Å². The Morgan fingerprint density at radius 1 is 0.870 bits per heavy atom. The fourth-order valence-electron chi connectivity index (χ4n) is 7.68. The summed E-state index contributed by atoms with van der Waals surface area (Å²) in [6.45, 7) is 5.40. The molecule has 2 aromatic carbocycles. The van der Waals surface area contributed by atoms with Crippen molar-refractivity contribution in [2.45, 2.75) is 89.8 Å². The minimum absolute atomic E-state index is 0.0639. The lowest BCUT2D eigenvalue weighted by Crippen LogP contribution is -2.53. The number of hydrogen-bond acceptors (Lipinski definition) is 9. The van der Waals surface area contributed by atoms with Crippen molar-refractivity contribution in [3.8, 4) is 10.4 Å². The first-order chi connectivity index (χ1) is 25.9. The van der Waals surface area contributed by atoms with Crippen LogP contribution in [-0.2, 0) is 41.6 Å². The van der Waals surface area contributed by atoms with E-state index in [9.17, 15) is 33.9 Å². The first kappa shape index (κ1) is 38.7. The number of Topliss-reactive ketones (excluding diaryl/α,β-unsaturated/α-hetero) is 3. The van der Waals surface area contributed by atoms with Gasteiger partial charge in [0.25, 0.3) is 0 Å². The number of aromatic nitrogens is 2. The van der Waals surface area contributed by atoms with Gasteiger partial charge < -0.3 is 20.2 Å². The molecule has 2 saturated heterocycles. The van der Waals surface area contributed by atoms with Crippen LogP contribution in [0.25, 0.3) is 15.4 Å². The Kier molecular flexibility index (Phi) is 12.2. The minimum atomic E-state index is -0.765. The Labute approximate surface area is 318 Å². The molecule has 0 radical (unpaired) electrons. The third-order valence-electron chi connectivity index (χ3n) is 10.4. The minimum Gasteiger partial charge on any atom is -0.389 e. The molecule has 4 aromatic rings. The van der Waals surface area contributed by atoms with Gasteiger partial charge in [-0.25, -0.2) is 4.98 Å². The van der Waals surface area contributed by atoms with Crippen LogP contribution in [0.2, 0.25) is 0 Å². The Balaban J connectivity index is 1.11. The van der Waals surface area contributed by atoms with Crippen LogP contribution in [0.4, 0.5) is 0 Å². The fraction of sp³-hybridized carbons (Fsp3) is 0.439. The van der Waals surface area contributed by atoms with E-state index in [-0.39, 0.29) is 54.5 Å². The monoisotopic (exact) mass is 753 g/mol. The summed E-state index contributed by atoms with van der Waals surface area (Å²) in [6, 6.07) is 14.9. The van der Waals surface area contributed by atoms with E-state index < -0.39 is 36.4 Å². The lowest BCUT2D eigenvalue weighted by molar-refractivity contribution is -0.141. The summed E-state index contributed by atoms with van der Waals surface area (Å²) in [4.78, 5) is 87.9. The average molecular weight is 754 g/mol. The maximum Gasteiger partial charge on any atom is 0.246 e. The molecule has 12 nitrogen and oxygen atoms in total. The molecule has 54 heavy (non-hydrogen) atoms. The van der Waals surface area contributed by atoms with E-state index in [0.29, 0.717) is 48.6 Å². The average Bonchev–Trinajstić information content (AvgIpc) is 3.97. The van der Waals surface area contributed by atoms with Crippen molar-refractivity contribution in [1.29, 1.82) is 0 Å². The van der Waals surface area contributed by atoms with Crippen LogP contribution in [0.15, 0.2) is 67.0 Å². The zero-order valence-corrected chi connectivity index (χ0v) is 31.7. The molecule has 2 aliphatic heterocycles. The molecule has 4 atom stereocenters. The largest absolute Gasteiger partial charge is 0.389 e. The summed E-state index contributed by atoms with van der Waals surface area (Å²) >= 11 is 1.47. The molecule has 0 aliphatic carbocycles. The van der Waals surface area contributed by atoms with Crippen molar-refractivity contribution in [2.75, 3.05) is 19.7 Å². The number of imidazole rings is 1. The highest BCUT2D eigenvalue weighted by molar-refractivity contribution is 7.20. The summed E-state index contributed by atoms with van der Waals surface area (Å²) in [5.74, 6) is -2.23. The number of nitrogens with one attached hydrogen (secondary N) is 1. The van der Waals surface area contributed by atoms with E-state index in [1.807, 2.05) is 61.0 Å². The second-order valence-electron chi connectivity index (χ2n) is 14.7. The van der Waals surface area contributed by atoms with Crippen molar-refractivity contribution in [3.05, 3.63) is 83.8 Å². The summed E-state index contributed by atoms with van der Waals surface area (Å²) in [5, 5.41) is 12.1. The van der Waals surface area contributed by atoms with Crippen LogP contribution in [-0.4, -0.2) is 97.2 Å². The summed E-state index contributed by atoms with van der Waals surface area (Å²) in [6.07, 6.45) is 6.43. The first-order valence-electron chi connectivity index (χ1n) is 18.6. The fourth-order valence-corrected chi connectivity index (χ4v) is 8.66. The molecule has 2 aliphatic rings. The third kappa shape index (κ3) is 8.68. The standard InChI is InChI=1S/C41H47N5O7S/c1-25(2)38(42-26(3)48)40(53)46-17-9-15-34(46)36(51)20-30-22-44-23-37(54-41(44)43-30)29-13-7-10-27(18-29)19-35(50)33-14-8-16-45(33)39(52)32(21-31(49)24-47)28-11-5-4-6-12-28/h4-7,10-13,18,22-23,25,32-34,38,47H,8-9,14-17,19-21,24H2,1-3H3,(H,42,48)/t32-,33+,34+,38+/m1/s1. The highest BCUT2D eigenvalue weighted by Crippen LogP contribution is 2.32. The van der Waals surface area contributed by atoms with Gasteiger partial charge in [-0.1, -0.05) is 73.7 Å². The number of amides is 3. The second-order valence-corrected chi connectivity index (χ2v) is 15.7. The molecule has 2 N–H and O–H groups in total. The highest BCUT2D eigenvalue weighted by atomic mass is 32.1. The van der Waals surface area contributed by atoms with Gasteiger partial charge in [0.2, 0.25) is 17.7 Å². The van der Waals surface area contributed by atoms with E-state index >= 15 is 0 Å². The maximum atomic E-state index is 13.8. The normalized spacial score (nSPS) is 18.2. The number of carbonyl (C=O) groups is 6. The molecule has 0 bridgehead atoms. The van der Waals surface area contributed by atoms with Crippen LogP contribution in [0.5, 0.6) is 0 Å². The second kappa shape index (κ2) is 17.0. The number of fused-ring (bicyclic) bond motifs is 1. The number of likely N-dealkylation sites (tertiary alicyclic amines) is 2. The van der Waals surface area contributed by atoms with E-state index in [4.69, 9.17) is 4.98 Å². The molecule has 2 fully saturated rings. The molecule has 3 amide bonds. The number of rotatable bonds is 15. The van der Waals surface area contributed by atoms with Gasteiger partial charge in [0.1, 0.15) is 12.6 Å². The van der Waals surface area contributed by atoms with Crippen molar-refractivity contribution < 1.29 is 33.9 Å². The quantitative estimate of drug-likeness (QED) is 0.183. The maximum absolute atomic E-state index is 13.8. The van der Waals surface area contributed by atoms with Crippen LogP contribution in [0.3, 0.4) is 0 Å². The third-order valence-corrected chi connectivity index (χ3v) is 11.4. The Hall–Kier alpha value is -5.01. The molecule has 0 unspecified atom stereocenters. The first-order valence-corrected chi connectivity index (χ1v) is 19.4. The van der Waals surface area contributed by atoms with Crippen LogP contribution in [0.1, 0.15) is 75.6 Å². The number of thiazole rings is 1. The van der Waals surface area contributed by atoms with Gasteiger partial charge in [0.15, 0.2) is 22.3 Å². The molecule has 13 heteroatoms. The lowest BCUT2D eigenvalue weighted by atomic mass is 9.91. The number of nitrogens with zero attached hydrogens (tertiary/aromatic N) is 4. The summed E-state index contributed by atoms with van der Waals surface area (Å²) in [5.41, 5.74) is 3.03. The van der Waals surface area contributed by atoms with E-state index in [1.54, 1.807) is 34.1 Å². The molecule has 0 spiro atoms. The number of aliphatic hydroxyl groups is 1. The van der Waals surface area contributed by atoms with Crippen molar-refractivity contribution >= 4 is 51.4 Å². The predicted molar refractivity (Wildman–Crippen MR) is 204 cm³/mol. The van der Waals surface area contributed by atoms with Gasteiger partial charge in [-0.15, -0.1) is 0 Å². The van der Waals surface area contributed by atoms with Gasteiger partial charge in [0.05, 0.1) is 35.0 Å². The van der Waals surface area contributed by atoms with Crippen molar-refractivity contribution in [1.82, 2.24) is 24.5 Å². The van der Waals surface area contributed by atoms with Gasteiger partial charge >= 0.3 is 0 Å². The summed E-state index contributed by atoms with van der Waals surface area (Å²) < 4.78 is 1.89. The molecule has 6 rings (SSSR count). The molecule has 4 heterocycles. The summed E-state index contributed by atoms with van der Waals surface area (Å²) in [7, 11) is 0. The van der Waals surface area contributed by atoms with Crippen molar-refractivity contribution in [2.24, 2.45) is 5.92 Å². The van der Waals surface area contributed by atoms with Crippen LogP contribution in [0, 0.1) is 5.92 Å².